The van der Waals surface area contributed by atoms with Gasteiger partial charge in [0.1, 0.15) is 0 Å². The average Bonchev–Trinajstić information content (AvgIpc) is 2.85. The lowest BCUT2D eigenvalue weighted by molar-refractivity contribution is -0.145. The molecule has 0 spiro atoms. The second-order valence-corrected chi connectivity index (χ2v) is 5.08. The number of hydrogen-bond donors (Lipinski definition) is 0. The quantitative estimate of drug-likeness (QED) is 0.671. The molecule has 21 heavy (non-hydrogen) atoms. The molecule has 2 heterocycles. The van der Waals surface area contributed by atoms with Crippen LogP contribution in [0.15, 0.2) is 45.9 Å². The lowest BCUT2D eigenvalue weighted by Gasteiger charge is -2.07. The van der Waals surface area contributed by atoms with Crippen LogP contribution in [0, 0.1) is 0 Å². The summed E-state index contributed by atoms with van der Waals surface area (Å²) in [4.78, 5) is 12.2. The zero-order chi connectivity index (χ0) is 15.2. The molecule has 0 saturated heterocycles. The van der Waals surface area contributed by atoms with Crippen LogP contribution >= 0.6 is 15.9 Å². The molecule has 108 valence electrons. The highest BCUT2D eigenvalue weighted by atomic mass is 79.9. The van der Waals surface area contributed by atoms with E-state index in [1.165, 1.54) is 10.8 Å². The molecule has 0 aliphatic heterocycles. The maximum atomic E-state index is 12.7. The van der Waals surface area contributed by atoms with Crippen LogP contribution in [0.3, 0.4) is 0 Å². The van der Waals surface area contributed by atoms with Crippen molar-refractivity contribution in [2.24, 2.45) is 0 Å². The number of alkyl halides is 3. The first-order valence-corrected chi connectivity index (χ1v) is 6.47. The molecule has 0 amide bonds. The maximum absolute atomic E-state index is 12.7. The number of fused-ring (bicyclic) bond motifs is 1. The van der Waals surface area contributed by atoms with Gasteiger partial charge in [0.05, 0.1) is 0 Å². The van der Waals surface area contributed by atoms with E-state index in [1.54, 1.807) is 24.3 Å². The minimum Gasteiger partial charge on any atom is -0.280 e. The number of rotatable bonds is 1. The summed E-state index contributed by atoms with van der Waals surface area (Å²) in [7, 11) is 0. The Bertz CT molecular complexity index is 867. The Hall–Kier alpha value is -2.16. The van der Waals surface area contributed by atoms with Crippen LogP contribution in [0.25, 0.3) is 11.3 Å². The molecule has 0 fully saturated rings. The summed E-state index contributed by atoms with van der Waals surface area (Å²) in [5.41, 5.74) is -0.544. The Balaban J connectivity index is 2.23. The van der Waals surface area contributed by atoms with Gasteiger partial charge in [0.2, 0.25) is 11.5 Å². The van der Waals surface area contributed by atoms with E-state index in [4.69, 9.17) is 0 Å². The molecule has 0 saturated carbocycles. The summed E-state index contributed by atoms with van der Waals surface area (Å²) in [6, 6.07) is 6.75. The Kier molecular flexibility index (Phi) is 3.08. The summed E-state index contributed by atoms with van der Waals surface area (Å²) in [6.07, 6.45) is -2.31. The molecule has 3 rings (SSSR count). The molecule has 3 aromatic rings. The van der Waals surface area contributed by atoms with E-state index in [0.29, 0.717) is 10.1 Å². The van der Waals surface area contributed by atoms with E-state index in [9.17, 15) is 18.0 Å². The van der Waals surface area contributed by atoms with Gasteiger partial charge >= 0.3 is 11.7 Å². The average molecular weight is 359 g/mol. The molecule has 1 aromatic carbocycles. The minimum atomic E-state index is -4.67. The van der Waals surface area contributed by atoms with Crippen LogP contribution in [0.1, 0.15) is 5.82 Å². The van der Waals surface area contributed by atoms with Crippen LogP contribution in [-0.2, 0) is 6.18 Å². The van der Waals surface area contributed by atoms with Crippen molar-refractivity contribution < 1.29 is 13.2 Å². The normalized spacial score (nSPS) is 12.0. The fourth-order valence-electron chi connectivity index (χ4n) is 1.89. The van der Waals surface area contributed by atoms with Crippen molar-refractivity contribution in [3.63, 3.8) is 0 Å². The third-order valence-corrected chi connectivity index (χ3v) is 3.36. The topological polar surface area (TPSA) is 52.2 Å². The van der Waals surface area contributed by atoms with Gasteiger partial charge in [-0.25, -0.2) is 0 Å². The first-order valence-electron chi connectivity index (χ1n) is 5.67. The fraction of sp³-hybridized carbons (Fsp3) is 0.0833. The van der Waals surface area contributed by atoms with Gasteiger partial charge in [-0.2, -0.15) is 13.2 Å². The van der Waals surface area contributed by atoms with Gasteiger partial charge in [0.25, 0.3) is 0 Å². The first kappa shape index (κ1) is 13.8. The van der Waals surface area contributed by atoms with Crippen molar-refractivity contribution in [1.82, 2.24) is 19.2 Å². The largest absolute Gasteiger partial charge is 0.452 e. The highest BCUT2D eigenvalue weighted by Crippen LogP contribution is 2.27. The summed E-state index contributed by atoms with van der Waals surface area (Å²) in [5, 5.41) is 6.38. The monoisotopic (exact) mass is 358 g/mol. The van der Waals surface area contributed by atoms with E-state index in [-0.39, 0.29) is 5.65 Å². The molecule has 9 heteroatoms. The summed E-state index contributed by atoms with van der Waals surface area (Å²) in [5.74, 6) is -1.22. The van der Waals surface area contributed by atoms with Gasteiger partial charge in [0.15, 0.2) is 0 Å². The Morgan fingerprint density at radius 3 is 2.33 bits per heavy atom. The zero-order valence-corrected chi connectivity index (χ0v) is 11.8. The summed E-state index contributed by atoms with van der Waals surface area (Å²) < 4.78 is 40.8. The molecule has 0 unspecified atom stereocenters. The van der Waals surface area contributed by atoms with Crippen molar-refractivity contribution in [3.05, 3.63) is 57.3 Å². The van der Waals surface area contributed by atoms with Gasteiger partial charge in [-0.05, 0) is 24.3 Å². The van der Waals surface area contributed by atoms with E-state index in [2.05, 4.69) is 26.1 Å². The molecule has 0 N–H and O–H groups in total. The first-order chi connectivity index (χ1) is 9.88. The second-order valence-electron chi connectivity index (χ2n) is 4.16. The van der Waals surface area contributed by atoms with Crippen LogP contribution in [-0.4, -0.2) is 19.2 Å². The van der Waals surface area contributed by atoms with E-state index in [1.807, 2.05) is 0 Å². The number of hydrogen-bond acceptors (Lipinski definition) is 3. The number of benzene rings is 1. The van der Waals surface area contributed by atoms with Gasteiger partial charge in [-0.3, -0.25) is 13.8 Å². The number of halogens is 4. The molecule has 5 nitrogen and oxygen atoms in total. The van der Waals surface area contributed by atoms with E-state index in [0.717, 1.165) is 10.7 Å². The summed E-state index contributed by atoms with van der Waals surface area (Å²) in [6.45, 7) is 0. The lowest BCUT2D eigenvalue weighted by Crippen LogP contribution is -2.21. The summed E-state index contributed by atoms with van der Waals surface area (Å²) >= 11 is 3.26. The van der Waals surface area contributed by atoms with E-state index >= 15 is 0 Å². The molecule has 0 atom stereocenters. The predicted octanol–water partition coefficient (Wildman–Crippen LogP) is 2.66. The van der Waals surface area contributed by atoms with Crippen LogP contribution < -0.4 is 5.56 Å². The molecule has 0 aliphatic rings. The van der Waals surface area contributed by atoms with Gasteiger partial charge < -0.3 is 0 Å². The van der Waals surface area contributed by atoms with Crippen LogP contribution in [0.4, 0.5) is 13.2 Å². The molecular weight excluding hydrogens is 353 g/mol. The molecular formula is C12H6BrF3N4O. The third-order valence-electron chi connectivity index (χ3n) is 2.83. The van der Waals surface area contributed by atoms with Gasteiger partial charge in [-0.15, -0.1) is 10.2 Å². The number of nitrogens with zero attached hydrogens (tertiary/aromatic N) is 4. The highest BCUT2D eigenvalue weighted by molar-refractivity contribution is 9.10. The molecule has 0 radical (unpaired) electrons. The standard InChI is InChI=1S/C12H6BrF3N4O/c13-7-1-3-8(4-2-7)19-5-6-20-9(10(19)21)17-18-11(20)12(14,15)16/h1-6H. The Labute approximate surface area is 123 Å². The SMILES string of the molecule is O=c1c2nnc(C(F)(F)F)n2ccn1-c1ccc(Br)cc1. The molecule has 0 bridgehead atoms. The number of aromatic nitrogens is 4. The Morgan fingerprint density at radius 2 is 1.71 bits per heavy atom. The fourth-order valence-corrected chi connectivity index (χ4v) is 2.15. The van der Waals surface area contributed by atoms with Crippen molar-refractivity contribution in [2.75, 3.05) is 0 Å². The predicted molar refractivity (Wildman–Crippen MR) is 71.3 cm³/mol. The molecule has 0 aliphatic carbocycles. The van der Waals surface area contributed by atoms with E-state index < -0.39 is 17.6 Å². The van der Waals surface area contributed by atoms with Crippen LogP contribution in [0.5, 0.6) is 0 Å². The van der Waals surface area contributed by atoms with Crippen molar-refractivity contribution in [3.8, 4) is 5.69 Å². The van der Waals surface area contributed by atoms with Crippen molar-refractivity contribution in [2.45, 2.75) is 6.18 Å². The van der Waals surface area contributed by atoms with Crippen molar-refractivity contribution >= 4 is 21.6 Å². The minimum absolute atomic E-state index is 0.382. The maximum Gasteiger partial charge on any atom is 0.452 e. The Morgan fingerprint density at radius 1 is 1.05 bits per heavy atom. The van der Waals surface area contributed by atoms with Crippen LogP contribution in [0.2, 0.25) is 0 Å². The smallest absolute Gasteiger partial charge is 0.280 e. The second kappa shape index (κ2) is 4.69. The third kappa shape index (κ3) is 2.33. The van der Waals surface area contributed by atoms with Gasteiger partial charge in [-0.1, -0.05) is 15.9 Å². The lowest BCUT2D eigenvalue weighted by atomic mass is 10.3. The zero-order valence-electron chi connectivity index (χ0n) is 10.2. The van der Waals surface area contributed by atoms with Crippen molar-refractivity contribution in [1.29, 1.82) is 0 Å². The highest BCUT2D eigenvalue weighted by Gasteiger charge is 2.37. The van der Waals surface area contributed by atoms with Gasteiger partial charge in [0, 0.05) is 22.6 Å². The molecule has 2 aromatic heterocycles.